The number of benzene rings is 2. The Labute approximate surface area is 134 Å². The van der Waals surface area contributed by atoms with E-state index in [2.05, 4.69) is 0 Å². The van der Waals surface area contributed by atoms with E-state index in [4.69, 9.17) is 20.3 Å². The van der Waals surface area contributed by atoms with Crippen molar-refractivity contribution >= 4 is 17.9 Å². The van der Waals surface area contributed by atoms with Crippen LogP contribution in [0, 0.1) is 16.7 Å². The Bertz CT molecular complexity index is 681. The topological polar surface area (TPSA) is 83.2 Å². The molecule has 0 aromatic heterocycles. The smallest absolute Gasteiger partial charge is 0.320 e. The van der Waals surface area contributed by atoms with Gasteiger partial charge in [-0.25, -0.2) is 0 Å². The van der Waals surface area contributed by atoms with Crippen molar-refractivity contribution in [1.29, 1.82) is 10.8 Å². The first-order chi connectivity index (χ1) is 11.2. The molecule has 0 aliphatic rings. The minimum Gasteiger partial charge on any atom is -0.465 e. The molecule has 0 aliphatic heterocycles. The normalized spacial score (nSPS) is 11.3. The molecular weight excluding hydrogens is 292 g/mol. The van der Waals surface area contributed by atoms with Crippen LogP contribution in [-0.4, -0.2) is 24.5 Å². The zero-order valence-electron chi connectivity index (χ0n) is 12.8. The Kier molecular flexibility index (Phi) is 5.63. The maximum Gasteiger partial charge on any atom is 0.320 e. The van der Waals surface area contributed by atoms with Crippen LogP contribution in [0.25, 0.3) is 0 Å². The van der Waals surface area contributed by atoms with E-state index in [1.807, 2.05) is 30.3 Å². The van der Waals surface area contributed by atoms with Crippen LogP contribution in [0.3, 0.4) is 0 Å². The summed E-state index contributed by atoms with van der Waals surface area (Å²) in [6, 6.07) is 16.2. The number of rotatable bonds is 7. The number of para-hydroxylation sites is 1. The van der Waals surface area contributed by atoms with Crippen molar-refractivity contribution in [3.05, 3.63) is 60.2 Å². The van der Waals surface area contributed by atoms with Gasteiger partial charge in [0.25, 0.3) is 0 Å². The Morgan fingerprint density at radius 3 is 2.26 bits per heavy atom. The van der Waals surface area contributed by atoms with Crippen molar-refractivity contribution < 1.29 is 14.3 Å². The van der Waals surface area contributed by atoms with Gasteiger partial charge in [-0.3, -0.25) is 4.79 Å². The van der Waals surface area contributed by atoms with Crippen LogP contribution in [0.2, 0.25) is 0 Å². The fourth-order valence-electron chi connectivity index (χ4n) is 2.01. The Morgan fingerprint density at radius 1 is 1.09 bits per heavy atom. The lowest BCUT2D eigenvalue weighted by molar-refractivity contribution is -0.143. The molecule has 2 rings (SSSR count). The van der Waals surface area contributed by atoms with Crippen molar-refractivity contribution in [2.45, 2.75) is 6.92 Å². The second-order valence-electron chi connectivity index (χ2n) is 4.75. The number of nitrogens with one attached hydrogen (secondary N) is 2. The van der Waals surface area contributed by atoms with E-state index >= 15 is 0 Å². The van der Waals surface area contributed by atoms with E-state index < -0.39 is 11.9 Å². The fourth-order valence-corrected chi connectivity index (χ4v) is 2.01. The van der Waals surface area contributed by atoms with Gasteiger partial charge in [-0.2, -0.15) is 0 Å². The van der Waals surface area contributed by atoms with Gasteiger partial charge in [0.1, 0.15) is 17.4 Å². The standard InChI is InChI=1S/C18H18N2O3/c1-2-22-18(21)16(12-19)17(20)13-8-10-15(11-9-13)23-14-6-4-3-5-7-14/h3-12,16,19-20H,2H2,1H3. The number of hydrogen-bond acceptors (Lipinski definition) is 5. The molecule has 5 nitrogen and oxygen atoms in total. The summed E-state index contributed by atoms with van der Waals surface area (Å²) < 4.78 is 10.6. The molecule has 0 radical (unpaired) electrons. The largest absolute Gasteiger partial charge is 0.465 e. The van der Waals surface area contributed by atoms with Gasteiger partial charge in [0, 0.05) is 6.21 Å². The quantitative estimate of drug-likeness (QED) is 0.604. The number of esters is 1. The third-order valence-corrected chi connectivity index (χ3v) is 3.16. The first-order valence-corrected chi connectivity index (χ1v) is 7.24. The summed E-state index contributed by atoms with van der Waals surface area (Å²) in [7, 11) is 0. The average Bonchev–Trinajstić information content (AvgIpc) is 2.57. The highest BCUT2D eigenvalue weighted by atomic mass is 16.5. The van der Waals surface area contributed by atoms with Crippen molar-refractivity contribution in [3.8, 4) is 11.5 Å². The maximum absolute atomic E-state index is 11.8. The Hall–Kier alpha value is -2.95. The molecule has 0 heterocycles. The van der Waals surface area contributed by atoms with E-state index in [1.165, 1.54) is 0 Å². The van der Waals surface area contributed by atoms with Crippen LogP contribution >= 0.6 is 0 Å². The minimum absolute atomic E-state index is 0.0321. The van der Waals surface area contributed by atoms with Gasteiger partial charge in [0.15, 0.2) is 0 Å². The second-order valence-corrected chi connectivity index (χ2v) is 4.75. The first-order valence-electron chi connectivity index (χ1n) is 7.24. The molecule has 0 spiro atoms. The van der Waals surface area contributed by atoms with Crippen molar-refractivity contribution in [3.63, 3.8) is 0 Å². The molecule has 1 atom stereocenters. The Balaban J connectivity index is 2.10. The van der Waals surface area contributed by atoms with Gasteiger partial charge in [-0.1, -0.05) is 18.2 Å². The molecule has 0 fully saturated rings. The highest BCUT2D eigenvalue weighted by Gasteiger charge is 2.23. The van der Waals surface area contributed by atoms with Crippen LogP contribution in [0.15, 0.2) is 54.6 Å². The summed E-state index contributed by atoms with van der Waals surface area (Å²) in [6.07, 6.45) is 0.925. The summed E-state index contributed by atoms with van der Waals surface area (Å²) in [5, 5.41) is 15.4. The summed E-state index contributed by atoms with van der Waals surface area (Å²) in [5.74, 6) is -0.220. The monoisotopic (exact) mass is 310 g/mol. The molecule has 0 amide bonds. The van der Waals surface area contributed by atoms with Gasteiger partial charge in [-0.05, 0) is 48.9 Å². The summed E-state index contributed by atoms with van der Waals surface area (Å²) >= 11 is 0. The number of ether oxygens (including phenoxy) is 2. The average molecular weight is 310 g/mol. The molecule has 0 bridgehead atoms. The molecular formula is C18H18N2O3. The molecule has 5 heteroatoms. The lowest BCUT2D eigenvalue weighted by Crippen LogP contribution is -2.27. The molecule has 1 unspecified atom stereocenters. The predicted molar refractivity (Wildman–Crippen MR) is 88.7 cm³/mol. The highest BCUT2D eigenvalue weighted by Crippen LogP contribution is 2.22. The van der Waals surface area contributed by atoms with Crippen LogP contribution in [0.4, 0.5) is 0 Å². The summed E-state index contributed by atoms with van der Waals surface area (Å²) in [4.78, 5) is 11.8. The van der Waals surface area contributed by atoms with E-state index in [9.17, 15) is 4.79 Å². The molecule has 0 aliphatic carbocycles. The zero-order chi connectivity index (χ0) is 16.7. The van der Waals surface area contributed by atoms with E-state index in [-0.39, 0.29) is 12.3 Å². The second kappa shape index (κ2) is 7.89. The van der Waals surface area contributed by atoms with Crippen LogP contribution in [0.1, 0.15) is 12.5 Å². The third-order valence-electron chi connectivity index (χ3n) is 3.16. The lowest BCUT2D eigenvalue weighted by atomic mass is 9.98. The maximum atomic E-state index is 11.8. The van der Waals surface area contributed by atoms with Crippen molar-refractivity contribution in [2.75, 3.05) is 6.61 Å². The number of carbonyl (C=O) groups is 1. The number of hydrogen-bond donors (Lipinski definition) is 2. The molecule has 0 saturated heterocycles. The molecule has 118 valence electrons. The fraction of sp³-hybridized carbons (Fsp3) is 0.167. The van der Waals surface area contributed by atoms with Gasteiger partial charge in [-0.15, -0.1) is 0 Å². The van der Waals surface area contributed by atoms with Crippen LogP contribution in [-0.2, 0) is 9.53 Å². The molecule has 2 N–H and O–H groups in total. The van der Waals surface area contributed by atoms with Gasteiger partial charge in [0.05, 0.1) is 12.3 Å². The van der Waals surface area contributed by atoms with Gasteiger partial charge < -0.3 is 20.3 Å². The van der Waals surface area contributed by atoms with E-state index in [0.29, 0.717) is 11.3 Å². The molecule has 0 saturated carbocycles. The van der Waals surface area contributed by atoms with Crippen molar-refractivity contribution in [1.82, 2.24) is 0 Å². The molecule has 23 heavy (non-hydrogen) atoms. The molecule has 2 aromatic carbocycles. The highest BCUT2D eigenvalue weighted by molar-refractivity contribution is 6.19. The van der Waals surface area contributed by atoms with E-state index in [0.717, 1.165) is 12.0 Å². The van der Waals surface area contributed by atoms with Crippen LogP contribution < -0.4 is 4.74 Å². The number of carbonyl (C=O) groups excluding carboxylic acids is 1. The Morgan fingerprint density at radius 2 is 1.70 bits per heavy atom. The predicted octanol–water partition coefficient (Wildman–Crippen LogP) is 3.68. The van der Waals surface area contributed by atoms with Gasteiger partial charge in [0.2, 0.25) is 0 Å². The summed E-state index contributed by atoms with van der Waals surface area (Å²) in [5.41, 5.74) is 0.580. The lowest BCUT2D eigenvalue weighted by Gasteiger charge is -2.13. The van der Waals surface area contributed by atoms with Crippen molar-refractivity contribution in [2.24, 2.45) is 5.92 Å². The van der Waals surface area contributed by atoms with E-state index in [1.54, 1.807) is 31.2 Å². The zero-order valence-corrected chi connectivity index (χ0v) is 12.8. The third kappa shape index (κ3) is 4.26. The SMILES string of the molecule is CCOC(=O)C(C=N)C(=N)c1ccc(Oc2ccccc2)cc1. The first kappa shape index (κ1) is 16.4. The minimum atomic E-state index is -0.990. The van der Waals surface area contributed by atoms with Gasteiger partial charge >= 0.3 is 5.97 Å². The molecule has 2 aromatic rings. The summed E-state index contributed by atoms with van der Waals surface area (Å²) in [6.45, 7) is 1.92. The van der Waals surface area contributed by atoms with Crippen LogP contribution in [0.5, 0.6) is 11.5 Å².